The molecule has 1 aromatic carbocycles. The zero-order chi connectivity index (χ0) is 21.7. The predicted molar refractivity (Wildman–Crippen MR) is 124 cm³/mol. The number of aryl methyl sites for hydroxylation is 1. The molecule has 6 nitrogen and oxygen atoms in total. The molecule has 2 saturated heterocycles. The van der Waals surface area contributed by atoms with Gasteiger partial charge >= 0.3 is 0 Å². The summed E-state index contributed by atoms with van der Waals surface area (Å²) in [6.07, 6.45) is 8.09. The summed E-state index contributed by atoms with van der Waals surface area (Å²) in [5, 5.41) is 4.87. The van der Waals surface area contributed by atoms with Crippen LogP contribution in [0.4, 0.5) is 0 Å². The van der Waals surface area contributed by atoms with Crippen LogP contribution in [0, 0.1) is 12.8 Å². The second-order valence-electron chi connectivity index (χ2n) is 9.51. The number of hydrogen-bond acceptors (Lipinski definition) is 4. The Kier molecular flexibility index (Phi) is 5.00. The number of benzene rings is 1. The first-order chi connectivity index (χ1) is 15.7. The van der Waals surface area contributed by atoms with E-state index >= 15 is 0 Å². The maximum Gasteiger partial charge on any atom is 0.228 e. The van der Waals surface area contributed by atoms with Gasteiger partial charge in [-0.3, -0.25) is 4.79 Å². The van der Waals surface area contributed by atoms with E-state index in [0.29, 0.717) is 25.8 Å². The highest BCUT2D eigenvalue weighted by Gasteiger charge is 2.32. The SMILES string of the molecule is Cc1c[nH]c2ncc(-c3cc4c(c([C@@H]5CCCN5)c3)CN(C(=O)[C@@H]3CCOC3)CC4)cc12. The molecule has 2 aromatic heterocycles. The fourth-order valence-corrected chi connectivity index (χ4v) is 5.59. The van der Waals surface area contributed by atoms with Gasteiger partial charge in [-0.2, -0.15) is 0 Å². The van der Waals surface area contributed by atoms with Crippen molar-refractivity contribution in [2.24, 2.45) is 5.92 Å². The summed E-state index contributed by atoms with van der Waals surface area (Å²) >= 11 is 0. The molecule has 0 radical (unpaired) electrons. The van der Waals surface area contributed by atoms with Gasteiger partial charge in [0, 0.05) is 49.1 Å². The lowest BCUT2D eigenvalue weighted by molar-refractivity contribution is -0.136. The number of fused-ring (bicyclic) bond motifs is 2. The van der Waals surface area contributed by atoms with E-state index < -0.39 is 0 Å². The molecule has 0 spiro atoms. The number of pyridine rings is 1. The van der Waals surface area contributed by atoms with Crippen LogP contribution < -0.4 is 5.32 Å². The lowest BCUT2D eigenvalue weighted by atomic mass is 9.86. The number of nitrogens with one attached hydrogen (secondary N) is 2. The number of aromatic amines is 1. The summed E-state index contributed by atoms with van der Waals surface area (Å²) in [5.41, 5.74) is 8.63. The van der Waals surface area contributed by atoms with Crippen LogP contribution in [-0.4, -0.2) is 47.1 Å². The molecule has 2 N–H and O–H groups in total. The topological polar surface area (TPSA) is 70.2 Å². The first kappa shape index (κ1) is 19.9. The fraction of sp³-hybridized carbons (Fsp3) is 0.462. The normalized spacial score (nSPS) is 23.1. The Balaban J connectivity index is 1.39. The molecule has 2 atom stereocenters. The molecule has 0 bridgehead atoms. The maximum absolute atomic E-state index is 13.1. The van der Waals surface area contributed by atoms with Crippen molar-refractivity contribution in [1.82, 2.24) is 20.2 Å². The van der Waals surface area contributed by atoms with E-state index in [2.05, 4.69) is 45.3 Å². The van der Waals surface area contributed by atoms with Gasteiger partial charge in [0.1, 0.15) is 5.65 Å². The number of ether oxygens (including phenoxy) is 1. The molecule has 2 fully saturated rings. The molecule has 1 amide bonds. The minimum atomic E-state index is 0.0336. The quantitative estimate of drug-likeness (QED) is 0.662. The van der Waals surface area contributed by atoms with Crippen molar-refractivity contribution in [1.29, 1.82) is 0 Å². The second-order valence-corrected chi connectivity index (χ2v) is 9.51. The van der Waals surface area contributed by atoms with Crippen molar-refractivity contribution in [3.8, 4) is 11.1 Å². The highest BCUT2D eigenvalue weighted by atomic mass is 16.5. The van der Waals surface area contributed by atoms with E-state index in [-0.39, 0.29) is 11.8 Å². The molecular weight excluding hydrogens is 400 g/mol. The van der Waals surface area contributed by atoms with Crippen molar-refractivity contribution < 1.29 is 9.53 Å². The molecule has 6 rings (SSSR count). The fourth-order valence-electron chi connectivity index (χ4n) is 5.59. The third-order valence-corrected chi connectivity index (χ3v) is 7.47. The molecule has 3 aliphatic rings. The van der Waals surface area contributed by atoms with Crippen LogP contribution in [0.25, 0.3) is 22.2 Å². The molecule has 0 saturated carbocycles. The van der Waals surface area contributed by atoms with E-state index in [1.807, 2.05) is 12.4 Å². The zero-order valence-corrected chi connectivity index (χ0v) is 18.6. The van der Waals surface area contributed by atoms with Gasteiger partial charge < -0.3 is 19.9 Å². The lowest BCUT2D eigenvalue weighted by Gasteiger charge is -2.33. The van der Waals surface area contributed by atoms with Crippen LogP contribution >= 0.6 is 0 Å². The van der Waals surface area contributed by atoms with Gasteiger partial charge in [-0.05, 0) is 79.1 Å². The van der Waals surface area contributed by atoms with Crippen molar-refractivity contribution in [2.45, 2.75) is 45.2 Å². The van der Waals surface area contributed by atoms with E-state index in [1.165, 1.54) is 39.6 Å². The molecular formula is C26H30N4O2. The Morgan fingerprint density at radius 2 is 2.16 bits per heavy atom. The van der Waals surface area contributed by atoms with Gasteiger partial charge in [-0.15, -0.1) is 0 Å². The summed E-state index contributed by atoms with van der Waals surface area (Å²) < 4.78 is 5.48. The van der Waals surface area contributed by atoms with Crippen molar-refractivity contribution in [2.75, 3.05) is 26.3 Å². The third-order valence-electron chi connectivity index (χ3n) is 7.47. The summed E-state index contributed by atoms with van der Waals surface area (Å²) in [6.45, 7) is 5.96. The largest absolute Gasteiger partial charge is 0.381 e. The smallest absolute Gasteiger partial charge is 0.228 e. The first-order valence-electron chi connectivity index (χ1n) is 11.9. The molecule has 5 heterocycles. The average molecular weight is 431 g/mol. The predicted octanol–water partition coefficient (Wildman–Crippen LogP) is 3.88. The molecule has 3 aromatic rings. The second kappa shape index (κ2) is 8.01. The first-order valence-corrected chi connectivity index (χ1v) is 11.9. The Labute approximate surface area is 188 Å². The van der Waals surface area contributed by atoms with Crippen LogP contribution in [0.3, 0.4) is 0 Å². The van der Waals surface area contributed by atoms with Gasteiger partial charge in [0.15, 0.2) is 0 Å². The van der Waals surface area contributed by atoms with Crippen LogP contribution in [0.2, 0.25) is 0 Å². The van der Waals surface area contributed by atoms with Crippen LogP contribution in [-0.2, 0) is 22.5 Å². The van der Waals surface area contributed by atoms with E-state index in [4.69, 9.17) is 4.74 Å². The summed E-state index contributed by atoms with van der Waals surface area (Å²) in [5.74, 6) is 0.298. The van der Waals surface area contributed by atoms with E-state index in [9.17, 15) is 4.79 Å². The van der Waals surface area contributed by atoms with E-state index in [0.717, 1.165) is 43.6 Å². The minimum absolute atomic E-state index is 0.0336. The number of amides is 1. The minimum Gasteiger partial charge on any atom is -0.381 e. The lowest BCUT2D eigenvalue weighted by Crippen LogP contribution is -2.40. The Morgan fingerprint density at radius 3 is 2.97 bits per heavy atom. The van der Waals surface area contributed by atoms with Crippen LogP contribution in [0.5, 0.6) is 0 Å². The number of carbonyl (C=O) groups is 1. The van der Waals surface area contributed by atoms with Gasteiger partial charge in [0.25, 0.3) is 0 Å². The number of H-pyrrole nitrogens is 1. The van der Waals surface area contributed by atoms with Crippen molar-refractivity contribution >= 4 is 16.9 Å². The number of nitrogens with zero attached hydrogens (tertiary/aromatic N) is 2. The van der Waals surface area contributed by atoms with Crippen LogP contribution in [0.1, 0.15) is 47.6 Å². The third kappa shape index (κ3) is 3.42. The van der Waals surface area contributed by atoms with Crippen molar-refractivity contribution in [3.63, 3.8) is 0 Å². The van der Waals surface area contributed by atoms with Gasteiger partial charge in [0.2, 0.25) is 5.91 Å². The summed E-state index contributed by atoms with van der Waals surface area (Å²) in [7, 11) is 0. The number of hydrogen-bond donors (Lipinski definition) is 2. The number of carbonyl (C=O) groups excluding carboxylic acids is 1. The molecule has 166 valence electrons. The van der Waals surface area contributed by atoms with Gasteiger partial charge in [-0.25, -0.2) is 4.98 Å². The summed E-state index contributed by atoms with van der Waals surface area (Å²) in [6, 6.07) is 7.29. The van der Waals surface area contributed by atoms with E-state index in [1.54, 1.807) is 0 Å². The van der Waals surface area contributed by atoms with Crippen molar-refractivity contribution in [3.05, 3.63) is 52.8 Å². The average Bonchev–Trinajstić information content (AvgIpc) is 3.60. The summed E-state index contributed by atoms with van der Waals surface area (Å²) in [4.78, 5) is 23.1. The Hall–Kier alpha value is -2.70. The zero-order valence-electron chi connectivity index (χ0n) is 18.6. The molecule has 0 aliphatic carbocycles. The van der Waals surface area contributed by atoms with Gasteiger partial charge in [0.05, 0.1) is 12.5 Å². The molecule has 3 aliphatic heterocycles. The van der Waals surface area contributed by atoms with Crippen LogP contribution in [0.15, 0.2) is 30.6 Å². The molecule has 32 heavy (non-hydrogen) atoms. The highest BCUT2D eigenvalue weighted by molar-refractivity contribution is 5.85. The Bertz CT molecular complexity index is 1170. The maximum atomic E-state index is 13.1. The highest BCUT2D eigenvalue weighted by Crippen LogP contribution is 2.36. The monoisotopic (exact) mass is 430 g/mol. The Morgan fingerprint density at radius 1 is 1.22 bits per heavy atom. The standard InChI is InChI=1S/C26H30N4O2/c1-16-12-28-25-21(16)11-20(13-29-25)19-9-17-4-7-30(26(31)18-5-8-32-15-18)14-23(17)22(10-19)24-3-2-6-27-24/h9-13,18,24,27H,2-8,14-15H2,1H3,(H,28,29)/t18-,24+/m1/s1. The van der Waals surface area contributed by atoms with Gasteiger partial charge in [-0.1, -0.05) is 6.07 Å². The molecule has 6 heteroatoms. The number of rotatable bonds is 3. The number of aromatic nitrogens is 2. The molecule has 0 unspecified atom stereocenters.